The van der Waals surface area contributed by atoms with Gasteiger partial charge < -0.3 is 10.0 Å². The van der Waals surface area contributed by atoms with Crippen molar-refractivity contribution in [2.75, 3.05) is 13.1 Å². The van der Waals surface area contributed by atoms with Crippen LogP contribution in [0.4, 0.5) is 8.78 Å². The van der Waals surface area contributed by atoms with Crippen LogP contribution in [0.15, 0.2) is 12.3 Å². The Hall–Kier alpha value is -1.56. The fourth-order valence-corrected chi connectivity index (χ4v) is 2.07. The van der Waals surface area contributed by atoms with Gasteiger partial charge in [0, 0.05) is 19.3 Å². The highest BCUT2D eigenvalue weighted by molar-refractivity contribution is 5.94. The lowest BCUT2D eigenvalue weighted by atomic mass is 9.96. The van der Waals surface area contributed by atoms with Gasteiger partial charge in [-0.3, -0.25) is 4.79 Å². The van der Waals surface area contributed by atoms with Crippen molar-refractivity contribution in [3.05, 3.63) is 29.6 Å². The number of carbonyl (C=O) groups is 1. The van der Waals surface area contributed by atoms with E-state index in [1.165, 1.54) is 4.90 Å². The van der Waals surface area contributed by atoms with Crippen molar-refractivity contribution in [1.82, 2.24) is 9.88 Å². The first-order valence-corrected chi connectivity index (χ1v) is 5.78. The van der Waals surface area contributed by atoms with Crippen molar-refractivity contribution < 1.29 is 18.7 Å². The van der Waals surface area contributed by atoms with Crippen LogP contribution in [0.25, 0.3) is 0 Å². The van der Waals surface area contributed by atoms with Crippen LogP contribution in [0, 0.1) is 17.7 Å². The SMILES string of the molecule is CC1CN(C(=O)c2ccnc(F)c2F)CCC1O. The van der Waals surface area contributed by atoms with Gasteiger partial charge in [-0.15, -0.1) is 0 Å². The zero-order valence-electron chi connectivity index (χ0n) is 9.94. The van der Waals surface area contributed by atoms with Crippen molar-refractivity contribution in [3.8, 4) is 0 Å². The summed E-state index contributed by atoms with van der Waals surface area (Å²) in [4.78, 5) is 16.6. The quantitative estimate of drug-likeness (QED) is 0.768. The Morgan fingerprint density at radius 2 is 2.28 bits per heavy atom. The molecule has 0 saturated carbocycles. The van der Waals surface area contributed by atoms with Gasteiger partial charge in [0.15, 0.2) is 5.82 Å². The number of hydrogen-bond acceptors (Lipinski definition) is 3. The second-order valence-electron chi connectivity index (χ2n) is 4.55. The highest BCUT2D eigenvalue weighted by atomic mass is 19.2. The zero-order chi connectivity index (χ0) is 13.3. The second kappa shape index (κ2) is 4.97. The summed E-state index contributed by atoms with van der Waals surface area (Å²) >= 11 is 0. The molecule has 6 heteroatoms. The molecular formula is C12H14F2N2O2. The molecule has 1 aromatic rings. The van der Waals surface area contributed by atoms with Gasteiger partial charge >= 0.3 is 0 Å². The number of likely N-dealkylation sites (tertiary alicyclic amines) is 1. The standard InChI is InChI=1S/C12H14F2N2O2/c1-7-6-16(5-3-9(7)17)12(18)8-2-4-15-11(14)10(8)13/h2,4,7,9,17H,3,5-6H2,1H3. The van der Waals surface area contributed by atoms with Crippen LogP contribution < -0.4 is 0 Å². The number of aliphatic hydroxyl groups is 1. The summed E-state index contributed by atoms with van der Waals surface area (Å²) in [6, 6.07) is 1.16. The van der Waals surface area contributed by atoms with Gasteiger partial charge in [-0.25, -0.2) is 9.37 Å². The largest absolute Gasteiger partial charge is 0.393 e. The molecule has 0 aliphatic carbocycles. The highest BCUT2D eigenvalue weighted by Gasteiger charge is 2.29. The minimum Gasteiger partial charge on any atom is -0.393 e. The van der Waals surface area contributed by atoms with Crippen molar-refractivity contribution in [1.29, 1.82) is 0 Å². The van der Waals surface area contributed by atoms with Gasteiger partial charge in [0.2, 0.25) is 5.95 Å². The van der Waals surface area contributed by atoms with Crippen LogP contribution in [-0.2, 0) is 0 Å². The maximum Gasteiger partial charge on any atom is 0.257 e. The number of rotatable bonds is 1. The number of aromatic nitrogens is 1. The molecule has 1 amide bonds. The van der Waals surface area contributed by atoms with E-state index >= 15 is 0 Å². The maximum absolute atomic E-state index is 13.4. The Morgan fingerprint density at radius 3 is 2.94 bits per heavy atom. The van der Waals surface area contributed by atoms with Gasteiger partial charge in [0.05, 0.1) is 11.7 Å². The summed E-state index contributed by atoms with van der Waals surface area (Å²) in [5, 5.41) is 9.56. The van der Waals surface area contributed by atoms with Crippen molar-refractivity contribution in [2.45, 2.75) is 19.4 Å². The molecule has 0 radical (unpaired) electrons. The van der Waals surface area contributed by atoms with Gasteiger partial charge in [-0.05, 0) is 18.4 Å². The average Bonchev–Trinajstić information content (AvgIpc) is 2.35. The number of hydrogen-bond donors (Lipinski definition) is 1. The fourth-order valence-electron chi connectivity index (χ4n) is 2.07. The Bertz CT molecular complexity index is 467. The molecule has 0 bridgehead atoms. The first kappa shape index (κ1) is 12.9. The van der Waals surface area contributed by atoms with Crippen LogP contribution in [0.2, 0.25) is 0 Å². The Labute approximate surface area is 103 Å². The summed E-state index contributed by atoms with van der Waals surface area (Å²) < 4.78 is 26.4. The number of carbonyl (C=O) groups excluding carboxylic acids is 1. The van der Waals surface area contributed by atoms with E-state index in [1.807, 2.05) is 6.92 Å². The van der Waals surface area contributed by atoms with Crippen LogP contribution in [0.1, 0.15) is 23.7 Å². The summed E-state index contributed by atoms with van der Waals surface area (Å²) in [6.07, 6.45) is 1.06. The Kier molecular flexibility index (Phi) is 3.56. The number of amides is 1. The Balaban J connectivity index is 2.19. The van der Waals surface area contributed by atoms with Gasteiger partial charge in [0.1, 0.15) is 0 Å². The highest BCUT2D eigenvalue weighted by Crippen LogP contribution is 2.20. The molecule has 1 aliphatic rings. The molecule has 1 aromatic heterocycles. The first-order chi connectivity index (χ1) is 8.50. The van der Waals surface area contributed by atoms with Crippen LogP contribution in [-0.4, -0.2) is 40.1 Å². The molecule has 2 atom stereocenters. The molecule has 1 fully saturated rings. The van der Waals surface area contributed by atoms with E-state index in [0.29, 0.717) is 19.5 Å². The number of piperidine rings is 1. The van der Waals surface area contributed by atoms with E-state index in [-0.39, 0.29) is 11.5 Å². The number of pyridine rings is 1. The molecule has 98 valence electrons. The van der Waals surface area contributed by atoms with E-state index in [9.17, 15) is 18.7 Å². The lowest BCUT2D eigenvalue weighted by Crippen LogP contribution is -2.45. The number of aliphatic hydroxyl groups excluding tert-OH is 1. The molecule has 1 aliphatic heterocycles. The molecule has 18 heavy (non-hydrogen) atoms. The number of halogens is 2. The monoisotopic (exact) mass is 256 g/mol. The van der Waals surface area contributed by atoms with Crippen LogP contribution in [0.3, 0.4) is 0 Å². The predicted octanol–water partition coefficient (Wildman–Crippen LogP) is 1.20. The van der Waals surface area contributed by atoms with Gasteiger partial charge in [0.25, 0.3) is 5.91 Å². The topological polar surface area (TPSA) is 53.4 Å². The van der Waals surface area contributed by atoms with Crippen LogP contribution in [0.5, 0.6) is 0 Å². The summed E-state index contributed by atoms with van der Waals surface area (Å²) in [6.45, 7) is 2.49. The zero-order valence-corrected chi connectivity index (χ0v) is 9.94. The molecular weight excluding hydrogens is 242 g/mol. The lowest BCUT2D eigenvalue weighted by Gasteiger charge is -2.34. The smallest absolute Gasteiger partial charge is 0.257 e. The third-order valence-corrected chi connectivity index (χ3v) is 3.22. The maximum atomic E-state index is 13.4. The molecule has 0 spiro atoms. The van der Waals surface area contributed by atoms with Crippen molar-refractivity contribution >= 4 is 5.91 Å². The second-order valence-corrected chi connectivity index (χ2v) is 4.55. The molecule has 2 heterocycles. The molecule has 2 rings (SSSR count). The van der Waals surface area contributed by atoms with Gasteiger partial charge in [-0.2, -0.15) is 4.39 Å². The third-order valence-electron chi connectivity index (χ3n) is 3.22. The normalized spacial score (nSPS) is 24.1. The molecule has 2 unspecified atom stereocenters. The molecule has 1 saturated heterocycles. The first-order valence-electron chi connectivity index (χ1n) is 5.78. The van der Waals surface area contributed by atoms with E-state index in [4.69, 9.17) is 0 Å². The van der Waals surface area contributed by atoms with Crippen LogP contribution >= 0.6 is 0 Å². The van der Waals surface area contributed by atoms with E-state index in [0.717, 1.165) is 12.3 Å². The summed E-state index contributed by atoms with van der Waals surface area (Å²) in [5.41, 5.74) is -0.314. The Morgan fingerprint density at radius 1 is 1.56 bits per heavy atom. The van der Waals surface area contributed by atoms with Crippen molar-refractivity contribution in [3.63, 3.8) is 0 Å². The summed E-state index contributed by atoms with van der Waals surface area (Å²) in [5.74, 6) is -3.13. The minimum absolute atomic E-state index is 0.0718. The van der Waals surface area contributed by atoms with E-state index < -0.39 is 23.8 Å². The molecule has 1 N–H and O–H groups in total. The third kappa shape index (κ3) is 2.33. The predicted molar refractivity (Wildman–Crippen MR) is 59.8 cm³/mol. The fraction of sp³-hybridized carbons (Fsp3) is 0.500. The lowest BCUT2D eigenvalue weighted by molar-refractivity contribution is 0.0294. The number of nitrogens with zero attached hydrogens (tertiary/aromatic N) is 2. The summed E-state index contributed by atoms with van der Waals surface area (Å²) in [7, 11) is 0. The molecule has 0 aromatic carbocycles. The van der Waals surface area contributed by atoms with E-state index in [1.54, 1.807) is 0 Å². The minimum atomic E-state index is -1.27. The molecule has 4 nitrogen and oxygen atoms in total. The average molecular weight is 256 g/mol. The van der Waals surface area contributed by atoms with Crippen molar-refractivity contribution in [2.24, 2.45) is 5.92 Å². The van der Waals surface area contributed by atoms with Gasteiger partial charge in [-0.1, -0.05) is 6.92 Å². The van der Waals surface area contributed by atoms with E-state index in [2.05, 4.69) is 4.98 Å².